The average Bonchev–Trinajstić information content (AvgIpc) is 2.83. The molecule has 1 aromatic heterocycles. The Bertz CT molecular complexity index is 362. The molecule has 2 unspecified atom stereocenters. The standard InChI is InChI=1S/C10H11NO2/c1-10(2)9-8(12-9)6-3-4-11-5-7(6)13-10/h3-5,8-9H,1-2H3. The second kappa shape index (κ2) is 2.04. The monoisotopic (exact) mass is 177 g/mol. The summed E-state index contributed by atoms with van der Waals surface area (Å²) in [7, 11) is 0. The van der Waals surface area contributed by atoms with Crippen molar-refractivity contribution in [1.29, 1.82) is 0 Å². The first-order valence-electron chi connectivity index (χ1n) is 4.47. The van der Waals surface area contributed by atoms with Gasteiger partial charge in [0, 0.05) is 11.8 Å². The molecule has 2 aliphatic heterocycles. The first-order chi connectivity index (χ1) is 6.18. The predicted molar refractivity (Wildman–Crippen MR) is 46.6 cm³/mol. The summed E-state index contributed by atoms with van der Waals surface area (Å²) in [4.78, 5) is 4.04. The van der Waals surface area contributed by atoms with Gasteiger partial charge in [0.15, 0.2) is 0 Å². The molecule has 0 radical (unpaired) electrons. The SMILES string of the molecule is CC1(C)Oc2cnccc2C2OC21. The molecular weight excluding hydrogens is 166 g/mol. The number of hydrogen-bond acceptors (Lipinski definition) is 3. The van der Waals surface area contributed by atoms with E-state index in [0.29, 0.717) is 0 Å². The largest absolute Gasteiger partial charge is 0.483 e. The van der Waals surface area contributed by atoms with Crippen LogP contribution in [0.4, 0.5) is 0 Å². The molecule has 3 heteroatoms. The Balaban J connectivity index is 2.11. The Kier molecular flexibility index (Phi) is 1.15. The van der Waals surface area contributed by atoms with Crippen molar-refractivity contribution in [2.24, 2.45) is 0 Å². The van der Waals surface area contributed by atoms with Gasteiger partial charge in [-0.05, 0) is 19.9 Å². The fourth-order valence-electron chi connectivity index (χ4n) is 1.93. The molecule has 68 valence electrons. The minimum absolute atomic E-state index is 0.208. The molecule has 2 aliphatic rings. The lowest BCUT2D eigenvalue weighted by Gasteiger charge is -2.28. The third-order valence-electron chi connectivity index (χ3n) is 2.67. The summed E-state index contributed by atoms with van der Waals surface area (Å²) in [5.41, 5.74) is 0.931. The first kappa shape index (κ1) is 7.33. The fraction of sp³-hybridized carbons (Fsp3) is 0.500. The van der Waals surface area contributed by atoms with Crippen molar-refractivity contribution in [3.05, 3.63) is 24.0 Å². The van der Waals surface area contributed by atoms with Crippen LogP contribution in [-0.2, 0) is 4.74 Å². The van der Waals surface area contributed by atoms with Gasteiger partial charge in [-0.1, -0.05) is 0 Å². The molecule has 0 spiro atoms. The molecule has 2 atom stereocenters. The van der Waals surface area contributed by atoms with Crippen molar-refractivity contribution in [3.8, 4) is 5.75 Å². The van der Waals surface area contributed by atoms with Crippen LogP contribution in [0.3, 0.4) is 0 Å². The van der Waals surface area contributed by atoms with Crippen LogP contribution in [-0.4, -0.2) is 16.7 Å². The number of nitrogens with zero attached hydrogens (tertiary/aromatic N) is 1. The van der Waals surface area contributed by atoms with Crippen LogP contribution in [0.25, 0.3) is 0 Å². The topological polar surface area (TPSA) is 34.6 Å². The van der Waals surface area contributed by atoms with Gasteiger partial charge in [0.25, 0.3) is 0 Å². The zero-order valence-electron chi connectivity index (χ0n) is 7.65. The maximum Gasteiger partial charge on any atom is 0.144 e. The Morgan fingerprint density at radius 1 is 1.46 bits per heavy atom. The number of epoxide rings is 1. The van der Waals surface area contributed by atoms with E-state index in [1.807, 2.05) is 19.9 Å². The normalized spacial score (nSPS) is 32.8. The van der Waals surface area contributed by atoms with E-state index >= 15 is 0 Å². The number of hydrogen-bond donors (Lipinski definition) is 0. The lowest BCUT2D eigenvalue weighted by molar-refractivity contribution is 0.0721. The summed E-state index contributed by atoms with van der Waals surface area (Å²) >= 11 is 0. The van der Waals surface area contributed by atoms with Crippen LogP contribution in [0.2, 0.25) is 0 Å². The quantitative estimate of drug-likeness (QED) is 0.565. The molecule has 3 nitrogen and oxygen atoms in total. The minimum Gasteiger partial charge on any atom is -0.483 e. The molecular formula is C10H11NO2. The third-order valence-corrected chi connectivity index (χ3v) is 2.67. The molecule has 3 rings (SSSR count). The van der Waals surface area contributed by atoms with Gasteiger partial charge in [0.2, 0.25) is 0 Å². The second-order valence-corrected chi connectivity index (χ2v) is 4.10. The first-order valence-corrected chi connectivity index (χ1v) is 4.47. The Morgan fingerprint density at radius 2 is 2.31 bits per heavy atom. The van der Waals surface area contributed by atoms with Gasteiger partial charge in [-0.2, -0.15) is 0 Å². The summed E-state index contributed by atoms with van der Waals surface area (Å²) in [5, 5.41) is 0. The smallest absolute Gasteiger partial charge is 0.144 e. The van der Waals surface area contributed by atoms with Crippen LogP contribution in [0.15, 0.2) is 18.5 Å². The summed E-state index contributed by atoms with van der Waals surface area (Å²) in [6, 6.07) is 1.97. The van der Waals surface area contributed by atoms with Gasteiger partial charge in [-0.3, -0.25) is 4.98 Å². The Hall–Kier alpha value is -1.09. The fourth-order valence-corrected chi connectivity index (χ4v) is 1.93. The minimum atomic E-state index is -0.208. The van der Waals surface area contributed by atoms with E-state index in [-0.39, 0.29) is 17.8 Å². The highest BCUT2D eigenvalue weighted by atomic mass is 16.6. The maximum absolute atomic E-state index is 5.79. The van der Waals surface area contributed by atoms with E-state index in [1.165, 1.54) is 0 Å². The van der Waals surface area contributed by atoms with Crippen LogP contribution in [0.1, 0.15) is 25.5 Å². The zero-order chi connectivity index (χ0) is 9.05. The van der Waals surface area contributed by atoms with Gasteiger partial charge < -0.3 is 9.47 Å². The Morgan fingerprint density at radius 3 is 3.15 bits per heavy atom. The van der Waals surface area contributed by atoms with Crippen molar-refractivity contribution in [3.63, 3.8) is 0 Å². The van der Waals surface area contributed by atoms with E-state index in [2.05, 4.69) is 4.98 Å². The van der Waals surface area contributed by atoms with E-state index in [9.17, 15) is 0 Å². The van der Waals surface area contributed by atoms with E-state index < -0.39 is 0 Å². The van der Waals surface area contributed by atoms with Crippen LogP contribution >= 0.6 is 0 Å². The number of pyridine rings is 1. The van der Waals surface area contributed by atoms with Crippen molar-refractivity contribution < 1.29 is 9.47 Å². The van der Waals surface area contributed by atoms with Crippen molar-refractivity contribution in [1.82, 2.24) is 4.98 Å². The van der Waals surface area contributed by atoms with E-state index in [0.717, 1.165) is 11.3 Å². The highest BCUT2D eigenvalue weighted by Crippen LogP contribution is 2.53. The average molecular weight is 177 g/mol. The van der Waals surface area contributed by atoms with Gasteiger partial charge in [0.1, 0.15) is 23.6 Å². The van der Waals surface area contributed by atoms with Crippen molar-refractivity contribution in [2.75, 3.05) is 0 Å². The van der Waals surface area contributed by atoms with Crippen LogP contribution in [0.5, 0.6) is 5.75 Å². The molecule has 1 aromatic rings. The molecule has 0 aromatic carbocycles. The summed E-state index contributed by atoms with van der Waals surface area (Å²) < 4.78 is 11.4. The molecule has 1 saturated heterocycles. The molecule has 3 heterocycles. The number of aromatic nitrogens is 1. The van der Waals surface area contributed by atoms with Gasteiger partial charge in [-0.25, -0.2) is 0 Å². The molecule has 0 N–H and O–H groups in total. The van der Waals surface area contributed by atoms with Gasteiger partial charge in [-0.15, -0.1) is 0 Å². The van der Waals surface area contributed by atoms with Crippen molar-refractivity contribution in [2.45, 2.75) is 31.7 Å². The van der Waals surface area contributed by atoms with Crippen LogP contribution in [0, 0.1) is 0 Å². The second-order valence-electron chi connectivity index (χ2n) is 4.10. The number of ether oxygens (including phenoxy) is 2. The van der Waals surface area contributed by atoms with Crippen LogP contribution < -0.4 is 4.74 Å². The highest BCUT2D eigenvalue weighted by Gasteiger charge is 2.56. The zero-order valence-corrected chi connectivity index (χ0v) is 7.65. The molecule has 0 bridgehead atoms. The summed E-state index contributed by atoms with van der Waals surface area (Å²) in [6.07, 6.45) is 4.00. The molecule has 13 heavy (non-hydrogen) atoms. The molecule has 0 amide bonds. The number of rotatable bonds is 0. The lowest BCUT2D eigenvalue weighted by atomic mass is 9.95. The summed E-state index contributed by atoms with van der Waals surface area (Å²) in [5.74, 6) is 0.867. The number of fused-ring (bicyclic) bond motifs is 3. The van der Waals surface area contributed by atoms with E-state index in [4.69, 9.17) is 9.47 Å². The predicted octanol–water partition coefficient (Wildman–Crippen LogP) is 1.69. The molecule has 0 saturated carbocycles. The van der Waals surface area contributed by atoms with Gasteiger partial charge >= 0.3 is 0 Å². The Labute approximate surface area is 76.7 Å². The third kappa shape index (κ3) is 0.907. The van der Waals surface area contributed by atoms with Gasteiger partial charge in [0.05, 0.1) is 6.20 Å². The van der Waals surface area contributed by atoms with E-state index in [1.54, 1.807) is 12.4 Å². The maximum atomic E-state index is 5.79. The lowest BCUT2D eigenvalue weighted by Crippen LogP contribution is -2.37. The summed E-state index contributed by atoms with van der Waals surface area (Å²) in [6.45, 7) is 4.10. The van der Waals surface area contributed by atoms with Crippen molar-refractivity contribution >= 4 is 0 Å². The molecule has 1 fully saturated rings. The highest BCUT2D eigenvalue weighted by molar-refractivity contribution is 5.39. The molecule has 0 aliphatic carbocycles.